The van der Waals surface area contributed by atoms with Crippen LogP contribution in [0.15, 0.2) is 29.2 Å². The van der Waals surface area contributed by atoms with Gasteiger partial charge in [-0.05, 0) is 64.1 Å². The van der Waals surface area contributed by atoms with Crippen LogP contribution in [0.3, 0.4) is 0 Å². The largest absolute Gasteiger partial charge is 0.317 e. The number of nitrogens with zero attached hydrogens (tertiary/aromatic N) is 2. The summed E-state index contributed by atoms with van der Waals surface area (Å²) < 4.78 is 27.8. The van der Waals surface area contributed by atoms with Gasteiger partial charge in [-0.25, -0.2) is 8.42 Å². The normalized spacial score (nSPS) is 16.4. The molecular formula is C17H30ClN3O2S. The zero-order valence-electron chi connectivity index (χ0n) is 14.9. The van der Waals surface area contributed by atoms with E-state index in [4.69, 9.17) is 0 Å². The average Bonchev–Trinajstić information content (AvgIpc) is 2.53. The summed E-state index contributed by atoms with van der Waals surface area (Å²) in [5, 5.41) is 3.30. The minimum atomic E-state index is -3.42. The summed E-state index contributed by atoms with van der Waals surface area (Å²) in [6.45, 7) is 5.22. The molecule has 0 bridgehead atoms. The molecule has 1 heterocycles. The highest BCUT2D eigenvalue weighted by molar-refractivity contribution is 7.89. The van der Waals surface area contributed by atoms with E-state index in [0.717, 1.165) is 44.5 Å². The van der Waals surface area contributed by atoms with Crippen molar-refractivity contribution in [2.24, 2.45) is 0 Å². The van der Waals surface area contributed by atoms with Crippen molar-refractivity contribution >= 4 is 22.4 Å². The van der Waals surface area contributed by atoms with E-state index in [2.05, 4.69) is 10.2 Å². The van der Waals surface area contributed by atoms with Crippen molar-refractivity contribution in [1.29, 1.82) is 0 Å². The van der Waals surface area contributed by atoms with Gasteiger partial charge in [-0.2, -0.15) is 4.31 Å². The van der Waals surface area contributed by atoms with E-state index >= 15 is 0 Å². The second kappa shape index (κ2) is 9.73. The molecule has 1 fully saturated rings. The standard InChI is InChI=1S/C17H29N3O2S.ClH/c1-4-13-20(16-9-11-18-12-10-16)23(21,22)17-7-5-15(6-8-17)14-19(2)3;/h5-8,16,18H,4,9-14H2,1-3H3;1H. The Kier molecular flexibility index (Phi) is 8.67. The molecule has 1 aliphatic rings. The highest BCUT2D eigenvalue weighted by Gasteiger charge is 2.31. The van der Waals surface area contributed by atoms with Gasteiger partial charge in [0.25, 0.3) is 0 Å². The molecule has 0 aliphatic carbocycles. The molecule has 0 unspecified atom stereocenters. The van der Waals surface area contributed by atoms with Crippen molar-refractivity contribution < 1.29 is 8.42 Å². The Morgan fingerprint density at radius 3 is 2.21 bits per heavy atom. The van der Waals surface area contributed by atoms with Gasteiger partial charge in [-0.15, -0.1) is 12.4 Å². The number of rotatable bonds is 7. The first kappa shape index (κ1) is 21.4. The zero-order chi connectivity index (χ0) is 16.9. The fraction of sp³-hybridized carbons (Fsp3) is 0.647. The van der Waals surface area contributed by atoms with Gasteiger partial charge in [0.1, 0.15) is 0 Å². The molecule has 1 saturated heterocycles. The van der Waals surface area contributed by atoms with Crippen LogP contribution in [-0.2, 0) is 16.6 Å². The summed E-state index contributed by atoms with van der Waals surface area (Å²) in [6.07, 6.45) is 2.61. The minimum absolute atomic E-state index is 0. The van der Waals surface area contributed by atoms with Crippen LogP contribution in [0.5, 0.6) is 0 Å². The van der Waals surface area contributed by atoms with Crippen molar-refractivity contribution in [2.75, 3.05) is 33.7 Å². The molecule has 1 aromatic rings. The van der Waals surface area contributed by atoms with Crippen LogP contribution in [0, 0.1) is 0 Å². The Balaban J connectivity index is 0.00000288. The molecule has 0 atom stereocenters. The molecule has 1 aliphatic heterocycles. The van der Waals surface area contributed by atoms with Gasteiger partial charge in [0.05, 0.1) is 4.90 Å². The first-order chi connectivity index (χ1) is 10.9. The smallest absolute Gasteiger partial charge is 0.243 e. The third-order valence-electron chi connectivity index (χ3n) is 4.19. The van der Waals surface area contributed by atoms with Crippen LogP contribution in [0.4, 0.5) is 0 Å². The van der Waals surface area contributed by atoms with Gasteiger partial charge in [0.2, 0.25) is 10.0 Å². The molecule has 0 amide bonds. The third kappa shape index (κ3) is 5.43. The molecule has 0 radical (unpaired) electrons. The molecular weight excluding hydrogens is 346 g/mol. The SMILES string of the molecule is CCCN(C1CCNCC1)S(=O)(=O)c1ccc(CN(C)C)cc1.Cl. The maximum absolute atomic E-state index is 13.1. The Morgan fingerprint density at radius 1 is 1.12 bits per heavy atom. The van der Waals surface area contributed by atoms with Crippen LogP contribution < -0.4 is 5.32 Å². The summed E-state index contributed by atoms with van der Waals surface area (Å²) in [7, 11) is 0.593. The lowest BCUT2D eigenvalue weighted by Gasteiger charge is -2.33. The van der Waals surface area contributed by atoms with Crippen LogP contribution in [-0.4, -0.2) is 57.4 Å². The van der Waals surface area contributed by atoms with Crippen LogP contribution in [0.25, 0.3) is 0 Å². The van der Waals surface area contributed by atoms with Gasteiger partial charge in [0, 0.05) is 19.1 Å². The maximum atomic E-state index is 13.1. The van der Waals surface area contributed by atoms with E-state index in [0.29, 0.717) is 11.4 Å². The lowest BCUT2D eigenvalue weighted by atomic mass is 10.1. The van der Waals surface area contributed by atoms with Crippen molar-refractivity contribution in [3.05, 3.63) is 29.8 Å². The molecule has 138 valence electrons. The predicted octanol–water partition coefficient (Wildman–Crippen LogP) is 2.32. The van der Waals surface area contributed by atoms with Crippen molar-refractivity contribution in [1.82, 2.24) is 14.5 Å². The Morgan fingerprint density at radius 2 is 1.71 bits per heavy atom. The minimum Gasteiger partial charge on any atom is -0.317 e. The average molecular weight is 376 g/mol. The number of hydrogen-bond acceptors (Lipinski definition) is 4. The fourth-order valence-electron chi connectivity index (χ4n) is 3.08. The van der Waals surface area contributed by atoms with Gasteiger partial charge in [0.15, 0.2) is 0 Å². The zero-order valence-corrected chi connectivity index (χ0v) is 16.5. The number of hydrogen-bond donors (Lipinski definition) is 1. The lowest BCUT2D eigenvalue weighted by Crippen LogP contribution is -2.46. The van der Waals surface area contributed by atoms with Gasteiger partial charge in [-0.1, -0.05) is 19.1 Å². The van der Waals surface area contributed by atoms with Crippen molar-refractivity contribution in [3.8, 4) is 0 Å². The molecule has 0 aromatic heterocycles. The molecule has 0 saturated carbocycles. The highest BCUT2D eigenvalue weighted by atomic mass is 35.5. The van der Waals surface area contributed by atoms with Crippen molar-refractivity contribution in [3.63, 3.8) is 0 Å². The number of piperidine rings is 1. The summed E-state index contributed by atoms with van der Waals surface area (Å²) in [5.41, 5.74) is 1.12. The van der Waals surface area contributed by atoms with E-state index in [1.54, 1.807) is 16.4 Å². The quantitative estimate of drug-likeness (QED) is 0.794. The molecule has 24 heavy (non-hydrogen) atoms. The number of halogens is 1. The molecule has 1 aromatic carbocycles. The van der Waals surface area contributed by atoms with E-state index in [1.807, 2.05) is 33.2 Å². The Hall–Kier alpha value is -0.660. The second-order valence-corrected chi connectivity index (χ2v) is 8.37. The highest BCUT2D eigenvalue weighted by Crippen LogP contribution is 2.23. The van der Waals surface area contributed by atoms with E-state index in [9.17, 15) is 8.42 Å². The van der Waals surface area contributed by atoms with Crippen LogP contribution >= 0.6 is 12.4 Å². The molecule has 5 nitrogen and oxygen atoms in total. The van der Waals surface area contributed by atoms with Gasteiger partial charge in [-0.3, -0.25) is 0 Å². The third-order valence-corrected chi connectivity index (χ3v) is 6.15. The first-order valence-electron chi connectivity index (χ1n) is 8.41. The van der Waals surface area contributed by atoms with Gasteiger partial charge >= 0.3 is 0 Å². The number of benzene rings is 1. The fourth-order valence-corrected chi connectivity index (χ4v) is 4.86. The topological polar surface area (TPSA) is 52.7 Å². The monoisotopic (exact) mass is 375 g/mol. The first-order valence-corrected chi connectivity index (χ1v) is 9.85. The summed E-state index contributed by atoms with van der Waals surface area (Å²) in [4.78, 5) is 2.48. The number of sulfonamides is 1. The van der Waals surface area contributed by atoms with Gasteiger partial charge < -0.3 is 10.2 Å². The van der Waals surface area contributed by atoms with Crippen molar-refractivity contribution in [2.45, 2.75) is 43.7 Å². The number of nitrogens with one attached hydrogen (secondary N) is 1. The van der Waals surface area contributed by atoms with Crippen LogP contribution in [0.2, 0.25) is 0 Å². The Bertz CT molecular complexity index is 584. The maximum Gasteiger partial charge on any atom is 0.243 e. The molecule has 1 N–H and O–H groups in total. The van der Waals surface area contributed by atoms with Crippen LogP contribution in [0.1, 0.15) is 31.7 Å². The predicted molar refractivity (Wildman–Crippen MR) is 101 cm³/mol. The molecule has 7 heteroatoms. The molecule has 2 rings (SSSR count). The summed E-state index contributed by atoms with van der Waals surface area (Å²) in [6, 6.07) is 7.44. The summed E-state index contributed by atoms with van der Waals surface area (Å²) in [5.74, 6) is 0. The lowest BCUT2D eigenvalue weighted by molar-refractivity contribution is 0.262. The van der Waals surface area contributed by atoms with E-state index in [-0.39, 0.29) is 18.4 Å². The van der Waals surface area contributed by atoms with E-state index < -0.39 is 10.0 Å². The Labute approximate surface area is 152 Å². The second-order valence-electron chi connectivity index (χ2n) is 6.48. The summed E-state index contributed by atoms with van der Waals surface area (Å²) >= 11 is 0. The van der Waals surface area contributed by atoms with E-state index in [1.165, 1.54) is 0 Å². The molecule has 0 spiro atoms.